The van der Waals surface area contributed by atoms with Gasteiger partial charge in [0.2, 0.25) is 0 Å². The van der Waals surface area contributed by atoms with Crippen molar-refractivity contribution in [1.82, 2.24) is 0 Å². The molecule has 2 heteroatoms. The van der Waals surface area contributed by atoms with Crippen LogP contribution < -0.4 is 0 Å². The molecule has 1 aromatic carbocycles. The Hall–Kier alpha value is -0.860. The van der Waals surface area contributed by atoms with Crippen LogP contribution in [0, 0.1) is 0 Å². The zero-order valence-corrected chi connectivity index (χ0v) is 10.9. The summed E-state index contributed by atoms with van der Waals surface area (Å²) in [5, 5.41) is 0. The van der Waals surface area contributed by atoms with Gasteiger partial charge in [-0.1, -0.05) is 24.3 Å². The molecular weight excluding hydrogens is 224 g/mol. The summed E-state index contributed by atoms with van der Waals surface area (Å²) in [6.07, 6.45) is 7.88. The molecule has 2 aliphatic heterocycles. The Morgan fingerprint density at radius 2 is 1.22 bits per heavy atom. The predicted molar refractivity (Wildman–Crippen MR) is 71.5 cm³/mol. The van der Waals surface area contributed by atoms with Gasteiger partial charge in [0.25, 0.3) is 0 Å². The SMILES string of the molecule is c1ccc(C2CCCCO2)c(C2CCCCO2)c1. The second kappa shape index (κ2) is 5.85. The summed E-state index contributed by atoms with van der Waals surface area (Å²) in [5.74, 6) is 0. The molecular formula is C16H22O2. The first-order valence-electron chi connectivity index (χ1n) is 7.27. The summed E-state index contributed by atoms with van der Waals surface area (Å²) in [5.41, 5.74) is 2.73. The van der Waals surface area contributed by atoms with Crippen molar-refractivity contribution in [1.29, 1.82) is 0 Å². The van der Waals surface area contributed by atoms with Crippen molar-refractivity contribution in [2.24, 2.45) is 0 Å². The van der Waals surface area contributed by atoms with Crippen molar-refractivity contribution in [2.45, 2.75) is 50.7 Å². The standard InChI is InChI=1S/C16H22O2/c1-2-8-14(16-10-4-6-12-18-16)13(7-1)15-9-3-5-11-17-15/h1-2,7-8,15-16H,3-6,9-12H2. The van der Waals surface area contributed by atoms with Crippen molar-refractivity contribution in [3.05, 3.63) is 35.4 Å². The highest BCUT2D eigenvalue weighted by atomic mass is 16.5. The molecule has 1 aromatic rings. The van der Waals surface area contributed by atoms with Gasteiger partial charge >= 0.3 is 0 Å². The van der Waals surface area contributed by atoms with E-state index in [0.29, 0.717) is 12.2 Å². The minimum atomic E-state index is 0.292. The van der Waals surface area contributed by atoms with E-state index < -0.39 is 0 Å². The lowest BCUT2D eigenvalue weighted by atomic mass is 9.91. The van der Waals surface area contributed by atoms with Crippen LogP contribution in [-0.2, 0) is 9.47 Å². The Balaban J connectivity index is 1.83. The van der Waals surface area contributed by atoms with Gasteiger partial charge in [0.1, 0.15) is 0 Å². The molecule has 0 aromatic heterocycles. The van der Waals surface area contributed by atoms with E-state index >= 15 is 0 Å². The lowest BCUT2D eigenvalue weighted by Gasteiger charge is -2.29. The summed E-state index contributed by atoms with van der Waals surface area (Å²) in [4.78, 5) is 0. The van der Waals surface area contributed by atoms with Gasteiger partial charge in [-0.25, -0.2) is 0 Å². The summed E-state index contributed by atoms with van der Waals surface area (Å²) in [6, 6.07) is 8.70. The Morgan fingerprint density at radius 1 is 0.722 bits per heavy atom. The minimum absolute atomic E-state index is 0.292. The minimum Gasteiger partial charge on any atom is -0.374 e. The lowest BCUT2D eigenvalue weighted by molar-refractivity contribution is -0.000527. The topological polar surface area (TPSA) is 18.5 Å². The summed E-state index contributed by atoms with van der Waals surface area (Å²) < 4.78 is 11.9. The van der Waals surface area contributed by atoms with Gasteiger partial charge in [0, 0.05) is 13.2 Å². The molecule has 2 saturated heterocycles. The zero-order chi connectivity index (χ0) is 12.2. The van der Waals surface area contributed by atoms with Gasteiger partial charge in [-0.05, 0) is 49.7 Å². The molecule has 0 N–H and O–H groups in total. The number of benzene rings is 1. The second-order valence-corrected chi connectivity index (χ2v) is 5.34. The first-order chi connectivity index (χ1) is 8.95. The smallest absolute Gasteiger partial charge is 0.0828 e. The van der Waals surface area contributed by atoms with Gasteiger partial charge < -0.3 is 9.47 Å². The van der Waals surface area contributed by atoms with Crippen LogP contribution in [0.1, 0.15) is 61.9 Å². The first-order valence-corrected chi connectivity index (χ1v) is 7.27. The van der Waals surface area contributed by atoms with Crippen LogP contribution >= 0.6 is 0 Å². The fraction of sp³-hybridized carbons (Fsp3) is 0.625. The molecule has 0 spiro atoms. The molecule has 2 unspecified atom stereocenters. The molecule has 0 aliphatic carbocycles. The maximum atomic E-state index is 5.94. The molecule has 98 valence electrons. The average molecular weight is 246 g/mol. The van der Waals surface area contributed by atoms with Crippen LogP contribution in [0.2, 0.25) is 0 Å². The molecule has 2 fully saturated rings. The molecule has 2 atom stereocenters. The Kier molecular flexibility index (Phi) is 3.96. The highest BCUT2D eigenvalue weighted by Gasteiger charge is 2.24. The van der Waals surface area contributed by atoms with Crippen LogP contribution in [0.5, 0.6) is 0 Å². The van der Waals surface area contributed by atoms with Gasteiger partial charge in [-0.2, -0.15) is 0 Å². The molecule has 0 radical (unpaired) electrons. The lowest BCUT2D eigenvalue weighted by Crippen LogP contribution is -2.17. The van der Waals surface area contributed by atoms with Gasteiger partial charge in [-0.3, -0.25) is 0 Å². The van der Waals surface area contributed by atoms with Crippen molar-refractivity contribution in [3.8, 4) is 0 Å². The third-order valence-electron chi connectivity index (χ3n) is 4.05. The van der Waals surface area contributed by atoms with Gasteiger partial charge in [-0.15, -0.1) is 0 Å². The predicted octanol–water partition coefficient (Wildman–Crippen LogP) is 4.17. The largest absolute Gasteiger partial charge is 0.374 e. The molecule has 3 rings (SSSR count). The molecule has 0 bridgehead atoms. The van der Waals surface area contributed by atoms with E-state index in [1.54, 1.807) is 0 Å². The third kappa shape index (κ3) is 2.60. The number of rotatable bonds is 2. The quantitative estimate of drug-likeness (QED) is 0.779. The Bertz CT molecular complexity index is 339. The highest BCUT2D eigenvalue weighted by molar-refractivity contribution is 5.31. The van der Waals surface area contributed by atoms with E-state index in [9.17, 15) is 0 Å². The highest BCUT2D eigenvalue weighted by Crippen LogP contribution is 2.36. The van der Waals surface area contributed by atoms with Crippen LogP contribution in [-0.4, -0.2) is 13.2 Å². The van der Waals surface area contributed by atoms with Gasteiger partial charge in [0.05, 0.1) is 12.2 Å². The molecule has 0 amide bonds. The normalized spacial score (nSPS) is 29.1. The number of ether oxygens (including phenoxy) is 2. The fourth-order valence-corrected chi connectivity index (χ4v) is 3.07. The molecule has 0 saturated carbocycles. The van der Waals surface area contributed by atoms with Crippen molar-refractivity contribution in [2.75, 3.05) is 13.2 Å². The number of hydrogen-bond acceptors (Lipinski definition) is 2. The zero-order valence-electron chi connectivity index (χ0n) is 10.9. The van der Waals surface area contributed by atoms with Crippen molar-refractivity contribution < 1.29 is 9.47 Å². The average Bonchev–Trinajstić information content (AvgIpc) is 2.49. The second-order valence-electron chi connectivity index (χ2n) is 5.34. The maximum absolute atomic E-state index is 5.94. The summed E-state index contributed by atoms with van der Waals surface area (Å²) in [6.45, 7) is 1.81. The van der Waals surface area contributed by atoms with E-state index in [4.69, 9.17) is 9.47 Å². The van der Waals surface area contributed by atoms with Crippen LogP contribution in [0.3, 0.4) is 0 Å². The summed E-state index contributed by atoms with van der Waals surface area (Å²) in [7, 11) is 0. The van der Waals surface area contributed by atoms with Crippen LogP contribution in [0.4, 0.5) is 0 Å². The van der Waals surface area contributed by atoms with E-state index in [1.807, 2.05) is 0 Å². The first kappa shape index (κ1) is 12.2. The van der Waals surface area contributed by atoms with Gasteiger partial charge in [0.15, 0.2) is 0 Å². The summed E-state index contributed by atoms with van der Waals surface area (Å²) >= 11 is 0. The van der Waals surface area contributed by atoms with E-state index in [0.717, 1.165) is 26.1 Å². The van der Waals surface area contributed by atoms with Crippen LogP contribution in [0.25, 0.3) is 0 Å². The van der Waals surface area contributed by atoms with E-state index in [1.165, 1.54) is 36.8 Å². The Morgan fingerprint density at radius 3 is 1.61 bits per heavy atom. The van der Waals surface area contributed by atoms with E-state index in [-0.39, 0.29) is 0 Å². The third-order valence-corrected chi connectivity index (χ3v) is 4.05. The fourth-order valence-electron chi connectivity index (χ4n) is 3.07. The number of hydrogen-bond donors (Lipinski definition) is 0. The molecule has 2 aliphatic rings. The van der Waals surface area contributed by atoms with Crippen molar-refractivity contribution >= 4 is 0 Å². The van der Waals surface area contributed by atoms with Crippen molar-refractivity contribution in [3.63, 3.8) is 0 Å². The molecule has 18 heavy (non-hydrogen) atoms. The molecule has 2 nitrogen and oxygen atoms in total. The van der Waals surface area contributed by atoms with E-state index in [2.05, 4.69) is 24.3 Å². The Labute approximate surface area is 109 Å². The monoisotopic (exact) mass is 246 g/mol. The maximum Gasteiger partial charge on any atom is 0.0828 e. The van der Waals surface area contributed by atoms with Crippen LogP contribution in [0.15, 0.2) is 24.3 Å². The molecule has 2 heterocycles.